The van der Waals surface area contributed by atoms with Crippen LogP contribution in [0.5, 0.6) is 0 Å². The zero-order chi connectivity index (χ0) is 14.1. The summed E-state index contributed by atoms with van der Waals surface area (Å²) in [5, 5.41) is 1.09. The maximum Gasteiger partial charge on any atom is 0.223 e. The number of aromatic nitrogens is 2. The third kappa shape index (κ3) is 2.87. The van der Waals surface area contributed by atoms with E-state index in [1.54, 1.807) is 11.8 Å². The molecule has 1 amide bonds. The van der Waals surface area contributed by atoms with Crippen LogP contribution in [0.1, 0.15) is 63.6 Å². The van der Waals surface area contributed by atoms with Gasteiger partial charge >= 0.3 is 0 Å². The highest BCUT2D eigenvalue weighted by Crippen LogP contribution is 2.40. The van der Waals surface area contributed by atoms with Gasteiger partial charge in [-0.1, -0.05) is 25.6 Å². The number of carbonyl (C=O) groups excluding carboxylic acids is 1. The number of hydrogen-bond acceptors (Lipinski definition) is 3. The van der Waals surface area contributed by atoms with Crippen LogP contribution in [0.25, 0.3) is 0 Å². The molecule has 1 saturated carbocycles. The van der Waals surface area contributed by atoms with Gasteiger partial charge in [0.25, 0.3) is 0 Å². The number of nitrogens with zero attached hydrogens (tertiary/aromatic N) is 3. The third-order valence-electron chi connectivity index (χ3n) is 4.07. The number of hydrogen-bond donors (Lipinski definition) is 0. The highest BCUT2D eigenvalue weighted by atomic mass is 32.2. The molecule has 1 aromatic heterocycles. The number of piperidine rings is 1. The highest BCUT2D eigenvalue weighted by Gasteiger charge is 2.29. The van der Waals surface area contributed by atoms with E-state index in [2.05, 4.69) is 23.4 Å². The van der Waals surface area contributed by atoms with E-state index in [4.69, 9.17) is 0 Å². The van der Waals surface area contributed by atoms with Crippen LogP contribution in [0, 0.1) is 0 Å². The van der Waals surface area contributed by atoms with Gasteiger partial charge in [0.2, 0.25) is 5.91 Å². The van der Waals surface area contributed by atoms with Gasteiger partial charge in [-0.05, 0) is 31.6 Å². The second-order valence-electron chi connectivity index (χ2n) is 6.11. The van der Waals surface area contributed by atoms with Crippen molar-refractivity contribution in [2.24, 2.45) is 0 Å². The van der Waals surface area contributed by atoms with Crippen LogP contribution in [0.4, 0.5) is 0 Å². The maximum atomic E-state index is 11.8. The van der Waals surface area contributed by atoms with Crippen LogP contribution in [0.15, 0.2) is 11.4 Å². The van der Waals surface area contributed by atoms with Gasteiger partial charge in [-0.15, -0.1) is 0 Å². The Bertz CT molecular complexity index is 493. The van der Waals surface area contributed by atoms with E-state index < -0.39 is 0 Å². The molecule has 0 bridgehead atoms. The Balaban J connectivity index is 1.69. The van der Waals surface area contributed by atoms with Crippen LogP contribution >= 0.6 is 11.8 Å². The largest absolute Gasteiger partial charge is 0.333 e. The van der Waals surface area contributed by atoms with E-state index in [0.29, 0.717) is 17.9 Å². The molecular weight excluding hydrogens is 270 g/mol. The minimum absolute atomic E-state index is 0.303. The van der Waals surface area contributed by atoms with Gasteiger partial charge in [0.15, 0.2) is 5.16 Å². The first-order valence-corrected chi connectivity index (χ1v) is 8.63. The summed E-state index contributed by atoms with van der Waals surface area (Å²) in [5.41, 5.74) is 1.33. The van der Waals surface area contributed by atoms with E-state index >= 15 is 0 Å². The normalized spacial score (nSPS) is 19.9. The summed E-state index contributed by atoms with van der Waals surface area (Å²) in [5.74, 6) is 1.56. The molecule has 2 aliphatic rings. The molecule has 1 aliphatic heterocycles. The molecule has 2 heterocycles. The van der Waals surface area contributed by atoms with Crippen LogP contribution in [-0.4, -0.2) is 32.8 Å². The Morgan fingerprint density at radius 2 is 2.20 bits per heavy atom. The van der Waals surface area contributed by atoms with Crippen molar-refractivity contribution in [2.75, 3.05) is 12.4 Å². The second-order valence-corrected chi connectivity index (χ2v) is 7.02. The standard InChI is InChI=1S/C15H23N3OS/c1-11(2)13-9-16-15(18(13)12-6-7-12)20-10-17-8-4-3-5-14(17)19/h9,11-12H,3-8,10H2,1-2H3. The lowest BCUT2D eigenvalue weighted by Crippen LogP contribution is -2.34. The van der Waals surface area contributed by atoms with Gasteiger partial charge in [0.1, 0.15) is 0 Å². The lowest BCUT2D eigenvalue weighted by molar-refractivity contribution is -0.132. The molecule has 1 saturated heterocycles. The molecule has 0 N–H and O–H groups in total. The van der Waals surface area contributed by atoms with E-state index in [1.807, 2.05) is 11.1 Å². The van der Waals surface area contributed by atoms with Crippen molar-refractivity contribution in [3.63, 3.8) is 0 Å². The van der Waals surface area contributed by atoms with Crippen molar-refractivity contribution >= 4 is 17.7 Å². The zero-order valence-electron chi connectivity index (χ0n) is 12.3. The van der Waals surface area contributed by atoms with Crippen molar-refractivity contribution in [3.8, 4) is 0 Å². The fourth-order valence-corrected chi connectivity index (χ4v) is 3.79. The van der Waals surface area contributed by atoms with E-state index in [9.17, 15) is 4.79 Å². The Morgan fingerprint density at radius 3 is 2.85 bits per heavy atom. The SMILES string of the molecule is CC(C)c1cnc(SCN2CCCCC2=O)n1C1CC1. The average Bonchev–Trinajstić information content (AvgIpc) is 3.17. The summed E-state index contributed by atoms with van der Waals surface area (Å²) in [4.78, 5) is 18.4. The van der Waals surface area contributed by atoms with Crippen LogP contribution in [0.3, 0.4) is 0 Å². The summed E-state index contributed by atoms with van der Waals surface area (Å²) in [6.07, 6.45) is 7.46. The first-order valence-electron chi connectivity index (χ1n) is 7.64. The first kappa shape index (κ1) is 14.0. The fraction of sp³-hybridized carbons (Fsp3) is 0.733. The topological polar surface area (TPSA) is 38.1 Å². The van der Waals surface area contributed by atoms with Crippen molar-refractivity contribution in [3.05, 3.63) is 11.9 Å². The van der Waals surface area contributed by atoms with Gasteiger partial charge in [-0.2, -0.15) is 0 Å². The zero-order valence-corrected chi connectivity index (χ0v) is 13.2. The van der Waals surface area contributed by atoms with Crippen molar-refractivity contribution in [1.29, 1.82) is 0 Å². The molecule has 3 rings (SSSR count). The smallest absolute Gasteiger partial charge is 0.223 e. The first-order chi connectivity index (χ1) is 9.66. The molecule has 20 heavy (non-hydrogen) atoms. The van der Waals surface area contributed by atoms with Crippen molar-refractivity contribution in [1.82, 2.24) is 14.5 Å². The Morgan fingerprint density at radius 1 is 1.40 bits per heavy atom. The molecule has 1 aromatic rings. The summed E-state index contributed by atoms with van der Waals surface area (Å²) in [6, 6.07) is 0.648. The fourth-order valence-electron chi connectivity index (χ4n) is 2.72. The molecular formula is C15H23N3OS. The molecule has 1 aliphatic carbocycles. The molecule has 5 heteroatoms. The molecule has 0 spiro atoms. The van der Waals surface area contributed by atoms with Crippen molar-refractivity contribution in [2.45, 2.75) is 63.1 Å². The summed E-state index contributed by atoms with van der Waals surface area (Å²) < 4.78 is 2.41. The minimum Gasteiger partial charge on any atom is -0.333 e. The number of thioether (sulfide) groups is 1. The summed E-state index contributed by atoms with van der Waals surface area (Å²) in [6.45, 7) is 5.35. The van der Waals surface area contributed by atoms with Crippen LogP contribution in [0.2, 0.25) is 0 Å². The number of likely N-dealkylation sites (tertiary alicyclic amines) is 1. The van der Waals surface area contributed by atoms with Gasteiger partial charge in [0, 0.05) is 30.9 Å². The summed E-state index contributed by atoms with van der Waals surface area (Å²) in [7, 11) is 0. The molecule has 0 unspecified atom stereocenters. The van der Waals surface area contributed by atoms with Gasteiger partial charge in [0.05, 0.1) is 5.88 Å². The quantitative estimate of drug-likeness (QED) is 0.781. The number of amides is 1. The average molecular weight is 293 g/mol. The van der Waals surface area contributed by atoms with Gasteiger partial charge < -0.3 is 9.47 Å². The predicted octanol–water partition coefficient (Wildman–Crippen LogP) is 3.40. The maximum absolute atomic E-state index is 11.8. The molecule has 4 nitrogen and oxygen atoms in total. The van der Waals surface area contributed by atoms with E-state index in [0.717, 1.165) is 36.8 Å². The molecule has 0 aromatic carbocycles. The molecule has 0 radical (unpaired) electrons. The van der Waals surface area contributed by atoms with Crippen LogP contribution in [-0.2, 0) is 4.79 Å². The molecule has 2 fully saturated rings. The van der Waals surface area contributed by atoms with E-state index in [-0.39, 0.29) is 0 Å². The van der Waals surface area contributed by atoms with Crippen molar-refractivity contribution < 1.29 is 4.79 Å². The third-order valence-corrected chi connectivity index (χ3v) is 5.07. The number of imidazole rings is 1. The second kappa shape index (κ2) is 5.80. The Labute approximate surface area is 124 Å². The Hall–Kier alpha value is -0.970. The highest BCUT2D eigenvalue weighted by molar-refractivity contribution is 7.99. The molecule has 0 atom stereocenters. The van der Waals surface area contributed by atoms with Crippen LogP contribution < -0.4 is 0 Å². The lowest BCUT2D eigenvalue weighted by Gasteiger charge is -2.26. The van der Waals surface area contributed by atoms with Gasteiger partial charge in [-0.25, -0.2) is 4.98 Å². The monoisotopic (exact) mass is 293 g/mol. The molecule has 110 valence electrons. The van der Waals surface area contributed by atoms with Gasteiger partial charge in [-0.3, -0.25) is 4.79 Å². The number of rotatable bonds is 5. The predicted molar refractivity (Wildman–Crippen MR) is 80.9 cm³/mol. The van der Waals surface area contributed by atoms with E-state index in [1.165, 1.54) is 18.5 Å². The summed E-state index contributed by atoms with van der Waals surface area (Å²) >= 11 is 1.72. The lowest BCUT2D eigenvalue weighted by atomic mass is 10.1. The minimum atomic E-state index is 0.303. The Kier molecular flexibility index (Phi) is 4.06. The number of carbonyl (C=O) groups is 1.